The highest BCUT2D eigenvalue weighted by atomic mass is 16.5. The van der Waals surface area contributed by atoms with E-state index in [-0.39, 0.29) is 12.5 Å². The van der Waals surface area contributed by atoms with E-state index in [0.717, 1.165) is 0 Å². The van der Waals surface area contributed by atoms with Gasteiger partial charge >= 0.3 is 5.97 Å². The van der Waals surface area contributed by atoms with E-state index < -0.39 is 12.0 Å². The predicted molar refractivity (Wildman–Crippen MR) is 47.4 cm³/mol. The number of hydrogen-bond donors (Lipinski definition) is 2. The topological polar surface area (TPSA) is 88.3 Å². The van der Waals surface area contributed by atoms with Gasteiger partial charge in [-0.1, -0.05) is 19.0 Å². The van der Waals surface area contributed by atoms with Crippen LogP contribution in [0.25, 0.3) is 0 Å². The summed E-state index contributed by atoms with van der Waals surface area (Å²) in [4.78, 5) is 14.5. The summed E-state index contributed by atoms with van der Waals surface area (Å²) in [6.45, 7) is 3.94. The van der Waals surface area contributed by atoms with Crippen LogP contribution in [0, 0.1) is 5.92 Å². The van der Waals surface area contributed by atoms with Crippen LogP contribution in [0.15, 0.2) is 10.9 Å². The van der Waals surface area contributed by atoms with E-state index in [9.17, 15) is 4.79 Å². The van der Waals surface area contributed by atoms with Crippen molar-refractivity contribution in [3.05, 3.63) is 12.2 Å². The van der Waals surface area contributed by atoms with Gasteiger partial charge < -0.3 is 9.63 Å². The number of hydrogen-bond acceptors (Lipinski definition) is 5. The van der Waals surface area contributed by atoms with Gasteiger partial charge in [-0.2, -0.15) is 4.98 Å². The summed E-state index contributed by atoms with van der Waals surface area (Å²) in [5.74, 6) is -0.480. The molecule has 0 saturated heterocycles. The molecule has 0 aliphatic rings. The van der Waals surface area contributed by atoms with E-state index in [2.05, 4.69) is 15.5 Å². The lowest BCUT2D eigenvalue weighted by atomic mass is 10.1. The van der Waals surface area contributed by atoms with Crippen molar-refractivity contribution in [2.45, 2.75) is 26.4 Å². The molecule has 6 heteroatoms. The Morgan fingerprint density at radius 2 is 2.43 bits per heavy atom. The predicted octanol–water partition coefficient (Wildman–Crippen LogP) is 0.268. The third-order valence-corrected chi connectivity index (χ3v) is 1.81. The van der Waals surface area contributed by atoms with E-state index in [1.165, 1.54) is 6.33 Å². The molecule has 0 spiro atoms. The van der Waals surface area contributed by atoms with Crippen molar-refractivity contribution in [1.29, 1.82) is 0 Å². The zero-order valence-electron chi connectivity index (χ0n) is 8.10. The molecule has 14 heavy (non-hydrogen) atoms. The molecule has 0 bridgehead atoms. The molecule has 1 aromatic rings. The molecule has 1 heterocycles. The average Bonchev–Trinajstić information content (AvgIpc) is 2.55. The fourth-order valence-electron chi connectivity index (χ4n) is 1.08. The van der Waals surface area contributed by atoms with Crippen molar-refractivity contribution in [1.82, 2.24) is 15.5 Å². The molecule has 0 aliphatic heterocycles. The summed E-state index contributed by atoms with van der Waals surface area (Å²) in [6, 6.07) is -0.595. The van der Waals surface area contributed by atoms with Gasteiger partial charge in [-0.15, -0.1) is 0 Å². The van der Waals surface area contributed by atoms with Crippen LogP contribution in [0.4, 0.5) is 0 Å². The number of carboxylic acid groups (broad SMARTS) is 1. The standard InChI is InChI=1S/C8H13N3O3/c1-5(2)7(8(12)13)9-3-6-10-4-11-14-6/h4-5,7,9H,3H2,1-2H3,(H,12,13). The highest BCUT2D eigenvalue weighted by molar-refractivity contribution is 5.73. The Labute approximate surface area is 81.3 Å². The van der Waals surface area contributed by atoms with E-state index in [4.69, 9.17) is 9.63 Å². The van der Waals surface area contributed by atoms with Gasteiger partial charge in [-0.3, -0.25) is 10.1 Å². The van der Waals surface area contributed by atoms with Crippen LogP contribution in [0.2, 0.25) is 0 Å². The Morgan fingerprint density at radius 3 is 2.86 bits per heavy atom. The zero-order chi connectivity index (χ0) is 10.6. The molecule has 78 valence electrons. The first-order valence-corrected chi connectivity index (χ1v) is 4.33. The second-order valence-corrected chi connectivity index (χ2v) is 3.28. The molecule has 2 N–H and O–H groups in total. The number of aliphatic carboxylic acids is 1. The van der Waals surface area contributed by atoms with E-state index in [1.807, 2.05) is 13.8 Å². The number of aromatic nitrogens is 2. The van der Waals surface area contributed by atoms with Crippen LogP contribution in [-0.4, -0.2) is 27.3 Å². The minimum Gasteiger partial charge on any atom is -0.480 e. The maximum Gasteiger partial charge on any atom is 0.320 e. The molecule has 1 rings (SSSR count). The highest BCUT2D eigenvalue weighted by Crippen LogP contribution is 2.02. The first kappa shape index (κ1) is 10.6. The quantitative estimate of drug-likeness (QED) is 0.707. The molecule has 1 aromatic heterocycles. The average molecular weight is 199 g/mol. The Bertz CT molecular complexity index is 284. The highest BCUT2D eigenvalue weighted by Gasteiger charge is 2.20. The fourth-order valence-corrected chi connectivity index (χ4v) is 1.08. The third kappa shape index (κ3) is 2.81. The maximum atomic E-state index is 10.8. The van der Waals surface area contributed by atoms with Crippen LogP contribution in [0.3, 0.4) is 0 Å². The normalized spacial score (nSPS) is 13.1. The molecule has 0 amide bonds. The van der Waals surface area contributed by atoms with E-state index in [1.54, 1.807) is 0 Å². The molecule has 0 fully saturated rings. The van der Waals surface area contributed by atoms with Gasteiger partial charge in [0.2, 0.25) is 5.89 Å². The number of nitrogens with one attached hydrogen (secondary N) is 1. The SMILES string of the molecule is CC(C)C(NCc1ncno1)C(=O)O. The van der Waals surface area contributed by atoms with Crippen LogP contribution >= 0.6 is 0 Å². The smallest absolute Gasteiger partial charge is 0.320 e. The van der Waals surface area contributed by atoms with Gasteiger partial charge in [-0.05, 0) is 5.92 Å². The lowest BCUT2D eigenvalue weighted by Crippen LogP contribution is -2.40. The van der Waals surface area contributed by atoms with Crippen molar-refractivity contribution < 1.29 is 14.4 Å². The van der Waals surface area contributed by atoms with Crippen LogP contribution < -0.4 is 5.32 Å². The van der Waals surface area contributed by atoms with Crippen molar-refractivity contribution in [3.8, 4) is 0 Å². The molecule has 0 aromatic carbocycles. The van der Waals surface area contributed by atoms with Crippen molar-refractivity contribution in [2.75, 3.05) is 0 Å². The maximum absolute atomic E-state index is 10.8. The van der Waals surface area contributed by atoms with Crippen LogP contribution in [0.5, 0.6) is 0 Å². The van der Waals surface area contributed by atoms with Crippen molar-refractivity contribution >= 4 is 5.97 Å². The minimum atomic E-state index is -0.875. The van der Waals surface area contributed by atoms with E-state index in [0.29, 0.717) is 5.89 Å². The zero-order valence-corrected chi connectivity index (χ0v) is 8.10. The largest absolute Gasteiger partial charge is 0.480 e. The first-order valence-electron chi connectivity index (χ1n) is 4.33. The van der Waals surface area contributed by atoms with Crippen LogP contribution in [0.1, 0.15) is 19.7 Å². The summed E-state index contributed by atoms with van der Waals surface area (Å²) < 4.78 is 4.73. The fraction of sp³-hybridized carbons (Fsp3) is 0.625. The first-order chi connectivity index (χ1) is 6.61. The van der Waals surface area contributed by atoms with Gasteiger partial charge in [-0.25, -0.2) is 0 Å². The lowest BCUT2D eigenvalue weighted by Gasteiger charge is -2.16. The molecule has 6 nitrogen and oxygen atoms in total. The Balaban J connectivity index is 2.45. The summed E-state index contributed by atoms with van der Waals surface area (Å²) in [7, 11) is 0. The molecular weight excluding hydrogens is 186 g/mol. The summed E-state index contributed by atoms with van der Waals surface area (Å²) in [5.41, 5.74) is 0. The second-order valence-electron chi connectivity index (χ2n) is 3.28. The Kier molecular flexibility index (Phi) is 3.58. The Hall–Kier alpha value is -1.43. The van der Waals surface area contributed by atoms with Gasteiger partial charge in [0, 0.05) is 0 Å². The molecule has 1 atom stereocenters. The van der Waals surface area contributed by atoms with Crippen LogP contribution in [-0.2, 0) is 11.3 Å². The van der Waals surface area contributed by atoms with Gasteiger partial charge in [0.1, 0.15) is 6.04 Å². The number of carboxylic acids is 1. The number of carbonyl (C=O) groups is 1. The molecule has 0 radical (unpaired) electrons. The summed E-state index contributed by atoms with van der Waals surface area (Å²) >= 11 is 0. The molecule has 0 saturated carbocycles. The molecule has 0 aliphatic carbocycles. The van der Waals surface area contributed by atoms with Crippen molar-refractivity contribution in [2.24, 2.45) is 5.92 Å². The van der Waals surface area contributed by atoms with Gasteiger partial charge in [0.25, 0.3) is 0 Å². The van der Waals surface area contributed by atoms with E-state index >= 15 is 0 Å². The summed E-state index contributed by atoms with van der Waals surface area (Å²) in [6.07, 6.45) is 1.28. The Morgan fingerprint density at radius 1 is 1.71 bits per heavy atom. The monoisotopic (exact) mass is 199 g/mol. The minimum absolute atomic E-state index is 0.00965. The molecule has 1 unspecified atom stereocenters. The van der Waals surface area contributed by atoms with Gasteiger partial charge in [0.05, 0.1) is 6.54 Å². The summed E-state index contributed by atoms with van der Waals surface area (Å²) in [5, 5.41) is 15.1. The number of nitrogens with zero attached hydrogens (tertiary/aromatic N) is 2. The molecular formula is C8H13N3O3. The van der Waals surface area contributed by atoms with Crippen molar-refractivity contribution in [3.63, 3.8) is 0 Å². The number of rotatable bonds is 5. The second kappa shape index (κ2) is 4.71. The third-order valence-electron chi connectivity index (χ3n) is 1.81. The van der Waals surface area contributed by atoms with Gasteiger partial charge in [0.15, 0.2) is 6.33 Å². The lowest BCUT2D eigenvalue weighted by molar-refractivity contribution is -0.140.